The number of thiophene rings is 2. The maximum Gasteiger partial charge on any atom is 0.341 e. The van der Waals surface area contributed by atoms with Gasteiger partial charge in [-0.2, -0.15) is 11.3 Å². The zero-order valence-electron chi connectivity index (χ0n) is 15.6. The standard InChI is InChI=1S/C18H20N2O6S2/c1-4-25-18(24)14-10(2)15(16(23)19-3)28-17(14)20-12(21)8-26-13(22)7-11-5-6-27-9-11/h5-6,9H,4,7-8H2,1-3H3,(H,19,23)(H,20,21). The number of amides is 2. The van der Waals surface area contributed by atoms with Crippen LogP contribution in [0.2, 0.25) is 0 Å². The zero-order chi connectivity index (χ0) is 20.7. The fourth-order valence-corrected chi connectivity index (χ4v) is 4.13. The summed E-state index contributed by atoms with van der Waals surface area (Å²) in [5, 5.41) is 8.85. The monoisotopic (exact) mass is 424 g/mol. The Kier molecular flexibility index (Phi) is 7.70. The highest BCUT2D eigenvalue weighted by Gasteiger charge is 2.26. The van der Waals surface area contributed by atoms with Gasteiger partial charge in [-0.15, -0.1) is 11.3 Å². The summed E-state index contributed by atoms with van der Waals surface area (Å²) < 4.78 is 9.98. The number of esters is 2. The lowest BCUT2D eigenvalue weighted by atomic mass is 10.1. The van der Waals surface area contributed by atoms with Crippen molar-refractivity contribution in [3.63, 3.8) is 0 Å². The molecule has 0 aliphatic rings. The van der Waals surface area contributed by atoms with Crippen molar-refractivity contribution in [2.75, 3.05) is 25.6 Å². The molecule has 2 N–H and O–H groups in total. The maximum absolute atomic E-state index is 12.3. The van der Waals surface area contributed by atoms with Crippen LogP contribution in [0.3, 0.4) is 0 Å². The third kappa shape index (κ3) is 5.40. The summed E-state index contributed by atoms with van der Waals surface area (Å²) in [6.07, 6.45) is 0.0732. The van der Waals surface area contributed by atoms with Gasteiger partial charge in [0.2, 0.25) is 0 Å². The second-order valence-electron chi connectivity index (χ2n) is 5.58. The molecule has 150 valence electrons. The van der Waals surface area contributed by atoms with E-state index in [1.807, 2.05) is 10.8 Å². The fraction of sp³-hybridized carbons (Fsp3) is 0.333. The number of hydrogen-bond acceptors (Lipinski definition) is 8. The minimum atomic E-state index is -0.642. The van der Waals surface area contributed by atoms with Crippen LogP contribution in [0.15, 0.2) is 16.8 Å². The molecule has 0 spiro atoms. The van der Waals surface area contributed by atoms with Gasteiger partial charge >= 0.3 is 11.9 Å². The van der Waals surface area contributed by atoms with E-state index in [0.717, 1.165) is 16.9 Å². The Morgan fingerprint density at radius 2 is 1.93 bits per heavy atom. The van der Waals surface area contributed by atoms with Crippen molar-refractivity contribution in [1.82, 2.24) is 5.32 Å². The summed E-state index contributed by atoms with van der Waals surface area (Å²) in [4.78, 5) is 48.5. The lowest BCUT2D eigenvalue weighted by Gasteiger charge is -2.07. The van der Waals surface area contributed by atoms with E-state index in [-0.39, 0.29) is 34.4 Å². The zero-order valence-corrected chi connectivity index (χ0v) is 17.3. The maximum atomic E-state index is 12.3. The van der Waals surface area contributed by atoms with Gasteiger partial charge in [0.15, 0.2) is 6.61 Å². The van der Waals surface area contributed by atoms with Crippen LogP contribution in [0, 0.1) is 6.92 Å². The smallest absolute Gasteiger partial charge is 0.341 e. The Hall–Kier alpha value is -2.72. The molecule has 0 aliphatic carbocycles. The summed E-state index contributed by atoms with van der Waals surface area (Å²) in [7, 11) is 1.47. The molecule has 2 aromatic rings. The van der Waals surface area contributed by atoms with Gasteiger partial charge in [0, 0.05) is 7.05 Å². The van der Waals surface area contributed by atoms with Crippen LogP contribution in [-0.4, -0.2) is 44.0 Å². The lowest BCUT2D eigenvalue weighted by molar-refractivity contribution is -0.146. The van der Waals surface area contributed by atoms with Gasteiger partial charge in [-0.05, 0) is 41.8 Å². The Balaban J connectivity index is 2.08. The second-order valence-corrected chi connectivity index (χ2v) is 7.38. The number of anilines is 1. The number of rotatable bonds is 8. The average molecular weight is 425 g/mol. The Labute approximate surface area is 169 Å². The van der Waals surface area contributed by atoms with E-state index < -0.39 is 24.5 Å². The number of ether oxygens (including phenoxy) is 2. The third-order valence-electron chi connectivity index (χ3n) is 3.61. The van der Waals surface area contributed by atoms with Crippen molar-refractivity contribution in [3.8, 4) is 0 Å². The molecule has 0 atom stereocenters. The topological polar surface area (TPSA) is 111 Å². The van der Waals surface area contributed by atoms with Gasteiger partial charge in [0.05, 0.1) is 23.5 Å². The average Bonchev–Trinajstić information content (AvgIpc) is 3.27. The van der Waals surface area contributed by atoms with Crippen molar-refractivity contribution in [2.24, 2.45) is 0 Å². The van der Waals surface area contributed by atoms with E-state index in [2.05, 4.69) is 10.6 Å². The van der Waals surface area contributed by atoms with Crippen molar-refractivity contribution < 1.29 is 28.7 Å². The molecule has 10 heteroatoms. The quantitative estimate of drug-likeness (QED) is 0.630. The molecule has 0 saturated heterocycles. The van der Waals surface area contributed by atoms with E-state index >= 15 is 0 Å². The van der Waals surface area contributed by atoms with Crippen molar-refractivity contribution in [2.45, 2.75) is 20.3 Å². The number of hydrogen-bond donors (Lipinski definition) is 2. The fourth-order valence-electron chi connectivity index (χ4n) is 2.30. The molecule has 8 nitrogen and oxygen atoms in total. The summed E-state index contributed by atoms with van der Waals surface area (Å²) >= 11 is 2.42. The molecule has 2 rings (SSSR count). The van der Waals surface area contributed by atoms with Crippen LogP contribution in [-0.2, 0) is 25.5 Å². The van der Waals surface area contributed by atoms with Crippen LogP contribution in [0.5, 0.6) is 0 Å². The molecule has 0 aromatic carbocycles. The molecular weight excluding hydrogens is 404 g/mol. The molecule has 2 heterocycles. The van der Waals surface area contributed by atoms with Crippen molar-refractivity contribution >= 4 is 51.4 Å². The number of nitrogens with one attached hydrogen (secondary N) is 2. The van der Waals surface area contributed by atoms with Crippen LogP contribution in [0.25, 0.3) is 0 Å². The first kappa shape index (κ1) is 21.6. The van der Waals surface area contributed by atoms with E-state index in [9.17, 15) is 19.2 Å². The first-order valence-corrected chi connectivity index (χ1v) is 10.1. The number of carbonyl (C=O) groups is 4. The summed E-state index contributed by atoms with van der Waals surface area (Å²) in [6.45, 7) is 2.91. The predicted molar refractivity (Wildman–Crippen MR) is 106 cm³/mol. The van der Waals surface area contributed by atoms with Gasteiger partial charge in [-0.25, -0.2) is 4.79 Å². The molecule has 0 radical (unpaired) electrons. The van der Waals surface area contributed by atoms with Gasteiger partial charge < -0.3 is 20.1 Å². The molecule has 0 aliphatic heterocycles. The molecule has 28 heavy (non-hydrogen) atoms. The molecule has 2 aromatic heterocycles. The van der Waals surface area contributed by atoms with E-state index in [4.69, 9.17) is 9.47 Å². The molecule has 2 amide bonds. The van der Waals surface area contributed by atoms with E-state index in [0.29, 0.717) is 5.56 Å². The molecule has 0 fully saturated rings. The molecular formula is C18H20N2O6S2. The van der Waals surface area contributed by atoms with Gasteiger partial charge in [-0.3, -0.25) is 14.4 Å². The van der Waals surface area contributed by atoms with Gasteiger partial charge in [-0.1, -0.05) is 0 Å². The second kappa shape index (κ2) is 10.00. The Bertz CT molecular complexity index is 873. The summed E-state index contributed by atoms with van der Waals surface area (Å²) in [6, 6.07) is 1.80. The minimum absolute atomic E-state index is 0.0732. The highest BCUT2D eigenvalue weighted by atomic mass is 32.1. The first-order chi connectivity index (χ1) is 13.4. The van der Waals surface area contributed by atoms with Crippen LogP contribution in [0.4, 0.5) is 5.00 Å². The van der Waals surface area contributed by atoms with Crippen molar-refractivity contribution in [1.29, 1.82) is 0 Å². The minimum Gasteiger partial charge on any atom is -0.462 e. The van der Waals surface area contributed by atoms with E-state index in [1.54, 1.807) is 19.9 Å². The summed E-state index contributed by atoms with van der Waals surface area (Å²) in [5.41, 5.74) is 1.33. The van der Waals surface area contributed by atoms with Crippen molar-refractivity contribution in [3.05, 3.63) is 38.4 Å². The Morgan fingerprint density at radius 1 is 1.18 bits per heavy atom. The number of carbonyl (C=O) groups excluding carboxylic acids is 4. The SMILES string of the molecule is CCOC(=O)c1c(NC(=O)COC(=O)Cc2ccsc2)sc(C(=O)NC)c1C. The van der Waals surface area contributed by atoms with Crippen LogP contribution < -0.4 is 10.6 Å². The highest BCUT2D eigenvalue weighted by Crippen LogP contribution is 2.33. The largest absolute Gasteiger partial charge is 0.462 e. The molecule has 0 saturated carbocycles. The van der Waals surface area contributed by atoms with E-state index in [1.165, 1.54) is 18.4 Å². The summed E-state index contributed by atoms with van der Waals surface area (Å²) in [5.74, 6) is -2.17. The molecule has 0 bridgehead atoms. The lowest BCUT2D eigenvalue weighted by Crippen LogP contribution is -2.22. The first-order valence-electron chi connectivity index (χ1n) is 8.36. The third-order valence-corrected chi connectivity index (χ3v) is 5.54. The van der Waals surface area contributed by atoms with Gasteiger partial charge in [0.25, 0.3) is 11.8 Å². The van der Waals surface area contributed by atoms with Crippen LogP contribution in [0.1, 0.15) is 38.1 Å². The normalized spacial score (nSPS) is 10.2. The van der Waals surface area contributed by atoms with Gasteiger partial charge in [0.1, 0.15) is 5.00 Å². The Morgan fingerprint density at radius 3 is 2.54 bits per heavy atom. The van der Waals surface area contributed by atoms with Crippen LogP contribution >= 0.6 is 22.7 Å². The highest BCUT2D eigenvalue weighted by molar-refractivity contribution is 7.18. The molecule has 0 unspecified atom stereocenters. The predicted octanol–water partition coefficient (Wildman–Crippen LogP) is 2.38.